The molecule has 0 aliphatic carbocycles. The monoisotopic (exact) mass is 517 g/mol. The maximum atomic E-state index is 12.5. The van der Waals surface area contributed by atoms with Gasteiger partial charge in [-0.2, -0.15) is 10.1 Å². The molecule has 190 valence electrons. The number of rotatable bonds is 6. The molecule has 0 radical (unpaired) electrons. The summed E-state index contributed by atoms with van der Waals surface area (Å²) in [5.41, 5.74) is 3.48. The minimum absolute atomic E-state index is 0.302. The van der Waals surface area contributed by atoms with Gasteiger partial charge in [0.05, 0.1) is 11.6 Å². The second-order valence-corrected chi connectivity index (χ2v) is 10.6. The first-order valence-corrected chi connectivity index (χ1v) is 12.5. The molecule has 37 heavy (non-hydrogen) atoms. The Hall–Kier alpha value is -3.91. The van der Waals surface area contributed by atoms with Crippen molar-refractivity contribution >= 4 is 28.5 Å². The molecular formula is C28H28ClN5O3. The van der Waals surface area contributed by atoms with Crippen molar-refractivity contribution in [2.75, 3.05) is 0 Å². The average molecular weight is 518 g/mol. The van der Waals surface area contributed by atoms with Crippen LogP contribution in [0.4, 0.5) is 0 Å². The largest absolute Gasteiger partial charge is 0.455 e. The number of hydrogen-bond acceptors (Lipinski definition) is 6. The van der Waals surface area contributed by atoms with Gasteiger partial charge in [-0.1, -0.05) is 41.0 Å². The summed E-state index contributed by atoms with van der Waals surface area (Å²) in [6.45, 7) is 10.2. The van der Waals surface area contributed by atoms with E-state index in [9.17, 15) is 4.79 Å². The van der Waals surface area contributed by atoms with Crippen LogP contribution in [-0.2, 0) is 11.3 Å². The van der Waals surface area contributed by atoms with Gasteiger partial charge in [0.2, 0.25) is 5.82 Å². The molecule has 3 aromatic heterocycles. The Morgan fingerprint density at radius 3 is 2.51 bits per heavy atom. The van der Waals surface area contributed by atoms with Crippen LogP contribution in [0.5, 0.6) is 0 Å². The smallest absolute Gasteiger partial charge is 0.357 e. The number of carbonyl (C=O) groups is 1. The summed E-state index contributed by atoms with van der Waals surface area (Å²) in [6, 6.07) is 15.7. The third-order valence-electron chi connectivity index (χ3n) is 5.88. The zero-order valence-electron chi connectivity index (χ0n) is 21.4. The van der Waals surface area contributed by atoms with E-state index in [4.69, 9.17) is 20.9 Å². The summed E-state index contributed by atoms with van der Waals surface area (Å²) in [7, 11) is 0. The molecule has 3 heterocycles. The standard InChI is InChI=1S/C28H28ClN5O3/c1-17(2)33-16-22(29)21-14-20(10-11-23(21)33)26-31-25(32-37-26)19-8-6-18(7-9-19)15-34-24(12-13-30-34)27(35)36-28(3,4)5/h6-14,16-17H,15H2,1-5H3. The first kappa shape index (κ1) is 24.8. The molecule has 0 fully saturated rings. The number of halogens is 1. The molecule has 0 unspecified atom stereocenters. The Morgan fingerprint density at radius 2 is 1.81 bits per heavy atom. The maximum Gasteiger partial charge on any atom is 0.357 e. The minimum atomic E-state index is -0.575. The molecule has 5 aromatic rings. The fraction of sp³-hybridized carbons (Fsp3) is 0.286. The highest BCUT2D eigenvalue weighted by atomic mass is 35.5. The van der Waals surface area contributed by atoms with Crippen LogP contribution in [0.2, 0.25) is 5.02 Å². The quantitative estimate of drug-likeness (QED) is 0.230. The lowest BCUT2D eigenvalue weighted by Gasteiger charge is -2.19. The summed E-state index contributed by atoms with van der Waals surface area (Å²) < 4.78 is 14.8. The molecule has 0 spiro atoms. The molecule has 5 rings (SSSR count). The highest BCUT2D eigenvalue weighted by molar-refractivity contribution is 6.35. The summed E-state index contributed by atoms with van der Waals surface area (Å²) >= 11 is 6.48. The van der Waals surface area contributed by atoms with Gasteiger partial charge >= 0.3 is 5.97 Å². The van der Waals surface area contributed by atoms with E-state index >= 15 is 0 Å². The molecule has 0 saturated carbocycles. The van der Waals surface area contributed by atoms with E-state index in [0.717, 1.165) is 27.6 Å². The number of ether oxygens (including phenoxy) is 1. The summed E-state index contributed by atoms with van der Waals surface area (Å²) in [6.07, 6.45) is 3.54. The van der Waals surface area contributed by atoms with Gasteiger partial charge < -0.3 is 13.8 Å². The normalized spacial score (nSPS) is 12.0. The van der Waals surface area contributed by atoms with Gasteiger partial charge in [0.25, 0.3) is 5.89 Å². The Labute approximate surface area is 219 Å². The fourth-order valence-corrected chi connectivity index (χ4v) is 4.38. The third kappa shape index (κ3) is 5.15. The van der Waals surface area contributed by atoms with Crippen molar-refractivity contribution in [3.05, 3.63) is 77.2 Å². The van der Waals surface area contributed by atoms with Crippen LogP contribution in [0, 0.1) is 0 Å². The summed E-state index contributed by atoms with van der Waals surface area (Å²) in [4.78, 5) is 17.1. The van der Waals surface area contributed by atoms with Crippen LogP contribution in [0.15, 0.2) is 65.4 Å². The zero-order chi connectivity index (χ0) is 26.3. The van der Waals surface area contributed by atoms with Crippen LogP contribution in [0.25, 0.3) is 33.7 Å². The molecule has 8 nitrogen and oxygen atoms in total. The molecule has 0 atom stereocenters. The van der Waals surface area contributed by atoms with Crippen LogP contribution >= 0.6 is 11.6 Å². The second-order valence-electron chi connectivity index (χ2n) is 10.2. The lowest BCUT2D eigenvalue weighted by atomic mass is 10.1. The molecule has 0 saturated heterocycles. The second kappa shape index (κ2) is 9.52. The molecule has 0 aliphatic rings. The predicted octanol–water partition coefficient (Wildman–Crippen LogP) is 6.79. The Bertz CT molecular complexity index is 1570. The van der Waals surface area contributed by atoms with Crippen LogP contribution < -0.4 is 0 Å². The molecule has 0 bridgehead atoms. The summed E-state index contributed by atoms with van der Waals surface area (Å²) in [5.74, 6) is 0.509. The number of carbonyl (C=O) groups excluding carboxylic acids is 1. The van der Waals surface area contributed by atoms with Crippen molar-refractivity contribution in [1.82, 2.24) is 24.5 Å². The van der Waals surface area contributed by atoms with Crippen molar-refractivity contribution in [2.45, 2.75) is 52.8 Å². The van der Waals surface area contributed by atoms with Gasteiger partial charge in [-0.15, -0.1) is 0 Å². The highest BCUT2D eigenvalue weighted by Gasteiger charge is 2.21. The molecular weight excluding hydrogens is 490 g/mol. The highest BCUT2D eigenvalue weighted by Crippen LogP contribution is 2.32. The first-order chi connectivity index (χ1) is 17.6. The van der Waals surface area contributed by atoms with Gasteiger partial charge in [0.1, 0.15) is 11.3 Å². The number of hydrogen-bond donors (Lipinski definition) is 0. The number of aromatic nitrogens is 5. The number of nitrogens with zero attached hydrogens (tertiary/aromatic N) is 5. The number of esters is 1. The predicted molar refractivity (Wildman–Crippen MR) is 143 cm³/mol. The topological polar surface area (TPSA) is 88.0 Å². The van der Waals surface area contributed by atoms with E-state index < -0.39 is 11.6 Å². The molecule has 0 aliphatic heterocycles. The van der Waals surface area contributed by atoms with Gasteiger partial charge in [-0.3, -0.25) is 4.68 Å². The van der Waals surface area contributed by atoms with Crippen molar-refractivity contribution in [1.29, 1.82) is 0 Å². The van der Waals surface area contributed by atoms with Crippen LogP contribution in [0.3, 0.4) is 0 Å². The van der Waals surface area contributed by atoms with Gasteiger partial charge in [0, 0.05) is 40.5 Å². The van der Waals surface area contributed by atoms with Gasteiger partial charge in [-0.05, 0) is 64.4 Å². The van der Waals surface area contributed by atoms with E-state index in [1.165, 1.54) is 0 Å². The van der Waals surface area contributed by atoms with E-state index in [2.05, 4.69) is 33.7 Å². The average Bonchev–Trinajstić information content (AvgIpc) is 3.58. The molecule has 0 N–H and O–H groups in total. The van der Waals surface area contributed by atoms with Gasteiger partial charge in [-0.25, -0.2) is 4.79 Å². The van der Waals surface area contributed by atoms with Gasteiger partial charge in [0.15, 0.2) is 0 Å². The SMILES string of the molecule is CC(C)n1cc(Cl)c2cc(-c3nc(-c4ccc(Cn5nccc5C(=O)OC(C)(C)C)cc4)no3)ccc21. The maximum absolute atomic E-state index is 12.5. The summed E-state index contributed by atoms with van der Waals surface area (Å²) in [5, 5.41) is 10.1. The minimum Gasteiger partial charge on any atom is -0.455 e. The van der Waals surface area contributed by atoms with E-state index in [1.54, 1.807) is 16.9 Å². The van der Waals surface area contributed by atoms with Crippen LogP contribution in [-0.4, -0.2) is 36.1 Å². The van der Waals surface area contributed by atoms with Crippen LogP contribution in [0.1, 0.15) is 56.7 Å². The fourth-order valence-electron chi connectivity index (χ4n) is 4.13. The Kier molecular flexibility index (Phi) is 6.37. The molecule has 0 amide bonds. The lowest BCUT2D eigenvalue weighted by Crippen LogP contribution is -2.25. The van der Waals surface area contributed by atoms with Crippen molar-refractivity contribution < 1.29 is 14.1 Å². The Balaban J connectivity index is 1.34. The van der Waals surface area contributed by atoms with E-state index in [0.29, 0.717) is 35.0 Å². The van der Waals surface area contributed by atoms with E-state index in [1.807, 2.05) is 69.4 Å². The first-order valence-electron chi connectivity index (χ1n) is 12.1. The number of benzene rings is 2. The third-order valence-corrected chi connectivity index (χ3v) is 6.18. The van der Waals surface area contributed by atoms with Crippen molar-refractivity contribution in [3.8, 4) is 22.8 Å². The van der Waals surface area contributed by atoms with Crippen molar-refractivity contribution in [2.24, 2.45) is 0 Å². The van der Waals surface area contributed by atoms with E-state index in [-0.39, 0.29) is 0 Å². The molecule has 9 heteroatoms. The van der Waals surface area contributed by atoms with Crippen molar-refractivity contribution in [3.63, 3.8) is 0 Å². The number of fused-ring (bicyclic) bond motifs is 1. The molecule has 2 aromatic carbocycles. The zero-order valence-corrected chi connectivity index (χ0v) is 22.2. The Morgan fingerprint density at radius 1 is 1.08 bits per heavy atom. The lowest BCUT2D eigenvalue weighted by molar-refractivity contribution is 0.00566.